The van der Waals surface area contributed by atoms with E-state index in [1.165, 1.54) is 18.6 Å². The smallest absolute Gasteiger partial charge is 0.303 e. The molecule has 1 saturated carbocycles. The first-order chi connectivity index (χ1) is 9.10. The molecule has 0 saturated heterocycles. The molecular weight excluding hydrogens is 243 g/mol. The molecule has 1 N–H and O–H groups in total. The van der Waals surface area contributed by atoms with Crippen LogP contribution in [0.3, 0.4) is 0 Å². The Balaban J connectivity index is 1.99. The Labute approximate surface area is 113 Å². The van der Waals surface area contributed by atoms with Crippen LogP contribution in [0, 0.1) is 11.2 Å². The van der Waals surface area contributed by atoms with Crippen LogP contribution in [0.15, 0.2) is 24.3 Å². The summed E-state index contributed by atoms with van der Waals surface area (Å²) in [5.41, 5.74) is 1.05. The van der Waals surface area contributed by atoms with E-state index in [-0.39, 0.29) is 17.7 Å². The highest BCUT2D eigenvalue weighted by atomic mass is 19.1. The van der Waals surface area contributed by atoms with Crippen molar-refractivity contribution in [3.63, 3.8) is 0 Å². The predicted molar refractivity (Wildman–Crippen MR) is 72.5 cm³/mol. The lowest BCUT2D eigenvalue weighted by Crippen LogP contribution is -2.28. The summed E-state index contributed by atoms with van der Waals surface area (Å²) in [5, 5.41) is 9.11. The average Bonchev–Trinajstić information content (AvgIpc) is 2.38. The lowest BCUT2D eigenvalue weighted by molar-refractivity contribution is -0.140. The van der Waals surface area contributed by atoms with Crippen molar-refractivity contribution in [3.8, 4) is 0 Å². The maximum Gasteiger partial charge on any atom is 0.303 e. The molecule has 0 atom stereocenters. The molecule has 1 fully saturated rings. The molecule has 19 heavy (non-hydrogen) atoms. The van der Waals surface area contributed by atoms with Crippen molar-refractivity contribution in [1.82, 2.24) is 0 Å². The van der Waals surface area contributed by atoms with Crippen LogP contribution < -0.4 is 0 Å². The van der Waals surface area contributed by atoms with Gasteiger partial charge in [0.2, 0.25) is 0 Å². The molecule has 104 valence electrons. The Hall–Kier alpha value is -1.38. The third kappa shape index (κ3) is 4.05. The minimum absolute atomic E-state index is 0.0432. The van der Waals surface area contributed by atoms with Gasteiger partial charge in [0.1, 0.15) is 5.82 Å². The van der Waals surface area contributed by atoms with Gasteiger partial charge in [0, 0.05) is 0 Å². The molecule has 0 spiro atoms. The third-order valence-corrected chi connectivity index (χ3v) is 4.30. The van der Waals surface area contributed by atoms with Gasteiger partial charge in [-0.25, -0.2) is 4.39 Å². The number of carboxylic acid groups (broad SMARTS) is 1. The van der Waals surface area contributed by atoms with Gasteiger partial charge in [-0.15, -0.1) is 0 Å². The van der Waals surface area contributed by atoms with Crippen molar-refractivity contribution in [2.24, 2.45) is 5.41 Å². The second-order valence-electron chi connectivity index (χ2n) is 5.76. The number of hydrogen-bond donors (Lipinski definition) is 1. The number of aryl methyl sites for hydroxylation is 1. The monoisotopic (exact) mass is 264 g/mol. The summed E-state index contributed by atoms with van der Waals surface area (Å²) in [6, 6.07) is 6.54. The molecule has 1 aromatic carbocycles. The number of benzene rings is 1. The lowest BCUT2D eigenvalue weighted by Gasteiger charge is -2.36. The van der Waals surface area contributed by atoms with Crippen LogP contribution in [0.4, 0.5) is 4.39 Å². The number of carboxylic acids is 1. The van der Waals surface area contributed by atoms with Crippen molar-refractivity contribution in [3.05, 3.63) is 35.6 Å². The van der Waals surface area contributed by atoms with Crippen molar-refractivity contribution in [2.45, 2.75) is 51.4 Å². The lowest BCUT2D eigenvalue weighted by atomic mass is 9.68. The molecule has 2 nitrogen and oxygen atoms in total. The predicted octanol–water partition coefficient (Wildman–Crippen LogP) is 4.18. The molecule has 1 aromatic rings. The Morgan fingerprint density at radius 3 is 2.37 bits per heavy atom. The fraction of sp³-hybridized carbons (Fsp3) is 0.562. The molecule has 0 bridgehead atoms. The molecule has 3 heteroatoms. The van der Waals surface area contributed by atoms with Crippen molar-refractivity contribution < 1.29 is 14.3 Å². The fourth-order valence-electron chi connectivity index (χ4n) is 3.20. The molecule has 0 heterocycles. The second kappa shape index (κ2) is 6.18. The van der Waals surface area contributed by atoms with Gasteiger partial charge >= 0.3 is 5.97 Å². The highest BCUT2D eigenvalue weighted by Gasteiger charge is 2.33. The zero-order valence-corrected chi connectivity index (χ0v) is 11.2. The normalized spacial score (nSPS) is 18.2. The molecule has 2 rings (SSSR count). The van der Waals surface area contributed by atoms with E-state index in [9.17, 15) is 9.18 Å². The van der Waals surface area contributed by atoms with Crippen molar-refractivity contribution in [2.75, 3.05) is 0 Å². The van der Waals surface area contributed by atoms with E-state index in [2.05, 4.69) is 0 Å². The number of carbonyl (C=O) groups is 1. The topological polar surface area (TPSA) is 37.3 Å². The largest absolute Gasteiger partial charge is 0.481 e. The van der Waals surface area contributed by atoms with E-state index in [1.54, 1.807) is 12.1 Å². The summed E-state index contributed by atoms with van der Waals surface area (Å²) < 4.78 is 12.9. The van der Waals surface area contributed by atoms with Crippen LogP contribution in [0.25, 0.3) is 0 Å². The average molecular weight is 264 g/mol. The minimum atomic E-state index is -0.694. The quantitative estimate of drug-likeness (QED) is 0.866. The number of halogens is 1. The van der Waals surface area contributed by atoms with E-state index in [4.69, 9.17) is 5.11 Å². The SMILES string of the molecule is O=C(O)CC1(CCc2ccc(F)cc2)CCCCC1. The second-order valence-corrected chi connectivity index (χ2v) is 5.76. The van der Waals surface area contributed by atoms with Crippen LogP contribution in [0.2, 0.25) is 0 Å². The maximum atomic E-state index is 12.9. The van der Waals surface area contributed by atoms with Crippen LogP contribution in [-0.4, -0.2) is 11.1 Å². The highest BCUT2D eigenvalue weighted by Crippen LogP contribution is 2.43. The van der Waals surface area contributed by atoms with Crippen LogP contribution in [-0.2, 0) is 11.2 Å². The van der Waals surface area contributed by atoms with Gasteiger partial charge in [0.25, 0.3) is 0 Å². The van der Waals surface area contributed by atoms with E-state index >= 15 is 0 Å². The first-order valence-corrected chi connectivity index (χ1v) is 7.06. The maximum absolute atomic E-state index is 12.9. The molecule has 0 aromatic heterocycles. The summed E-state index contributed by atoms with van der Waals surface area (Å²) >= 11 is 0. The minimum Gasteiger partial charge on any atom is -0.481 e. The van der Waals surface area contributed by atoms with Gasteiger partial charge in [-0.1, -0.05) is 31.4 Å². The Morgan fingerprint density at radius 2 is 1.79 bits per heavy atom. The summed E-state index contributed by atoms with van der Waals surface area (Å²) in [5.74, 6) is -0.914. The van der Waals surface area contributed by atoms with Gasteiger partial charge in [-0.2, -0.15) is 0 Å². The van der Waals surface area contributed by atoms with Gasteiger partial charge in [-0.3, -0.25) is 4.79 Å². The first kappa shape index (κ1) is 14.0. The van der Waals surface area contributed by atoms with Gasteiger partial charge in [-0.05, 0) is 48.8 Å². The first-order valence-electron chi connectivity index (χ1n) is 7.06. The van der Waals surface area contributed by atoms with Crippen LogP contribution in [0.5, 0.6) is 0 Å². The van der Waals surface area contributed by atoms with E-state index in [0.717, 1.165) is 44.1 Å². The Kier molecular flexibility index (Phi) is 4.56. The summed E-state index contributed by atoms with van der Waals surface area (Å²) in [6.07, 6.45) is 7.53. The van der Waals surface area contributed by atoms with E-state index in [0.29, 0.717) is 0 Å². The van der Waals surface area contributed by atoms with Gasteiger partial charge < -0.3 is 5.11 Å². The highest BCUT2D eigenvalue weighted by molar-refractivity contribution is 5.67. The van der Waals surface area contributed by atoms with Crippen LogP contribution in [0.1, 0.15) is 50.5 Å². The fourth-order valence-corrected chi connectivity index (χ4v) is 3.20. The molecular formula is C16H21FO2. The molecule has 0 unspecified atom stereocenters. The molecule has 0 amide bonds. The Bertz CT molecular complexity index is 419. The van der Waals surface area contributed by atoms with Gasteiger partial charge in [0.15, 0.2) is 0 Å². The molecule has 0 radical (unpaired) electrons. The molecule has 1 aliphatic carbocycles. The van der Waals surface area contributed by atoms with Crippen molar-refractivity contribution in [1.29, 1.82) is 0 Å². The van der Waals surface area contributed by atoms with Crippen LogP contribution >= 0.6 is 0 Å². The standard InChI is InChI=1S/C16H21FO2/c17-14-6-4-13(5-7-14)8-11-16(12-15(18)19)9-2-1-3-10-16/h4-7H,1-3,8-12H2,(H,18,19). The molecule has 1 aliphatic rings. The number of hydrogen-bond acceptors (Lipinski definition) is 1. The number of aliphatic carboxylic acids is 1. The summed E-state index contributed by atoms with van der Waals surface area (Å²) in [4.78, 5) is 11.1. The third-order valence-electron chi connectivity index (χ3n) is 4.30. The Morgan fingerprint density at radius 1 is 1.16 bits per heavy atom. The summed E-state index contributed by atoms with van der Waals surface area (Å²) in [7, 11) is 0. The number of rotatable bonds is 5. The van der Waals surface area contributed by atoms with E-state index in [1.807, 2.05) is 0 Å². The zero-order valence-electron chi connectivity index (χ0n) is 11.2. The summed E-state index contributed by atoms with van der Waals surface area (Å²) in [6.45, 7) is 0. The van der Waals surface area contributed by atoms with Gasteiger partial charge in [0.05, 0.1) is 6.42 Å². The zero-order chi connectivity index (χ0) is 13.7. The van der Waals surface area contributed by atoms with Crippen molar-refractivity contribution >= 4 is 5.97 Å². The van der Waals surface area contributed by atoms with E-state index < -0.39 is 5.97 Å². The molecule has 0 aliphatic heterocycles.